The minimum Gasteiger partial charge on any atom is -0.479 e. The normalized spacial score (nSPS) is 24.1. The molecule has 2 fully saturated rings. The molecule has 0 aromatic rings. The number of rotatable bonds is 10. The summed E-state index contributed by atoms with van der Waals surface area (Å²) in [6, 6.07) is -1.61. The lowest BCUT2D eigenvalue weighted by atomic mass is 9.80. The molecule has 12 nitrogen and oxygen atoms in total. The first-order chi connectivity index (χ1) is 19.4. The summed E-state index contributed by atoms with van der Waals surface area (Å²) in [5, 5.41) is 16.0. The van der Waals surface area contributed by atoms with Gasteiger partial charge in [0.2, 0.25) is 5.91 Å². The number of hydrogen-bond acceptors (Lipinski definition) is 8. The third-order valence-corrected chi connectivity index (χ3v) is 8.07. The van der Waals surface area contributed by atoms with Crippen LogP contribution in [0.2, 0.25) is 6.32 Å². The van der Waals surface area contributed by atoms with E-state index in [1.807, 2.05) is 27.7 Å². The molecule has 2 aliphatic heterocycles. The lowest BCUT2D eigenvalue weighted by Gasteiger charge is -2.35. The SMILES string of the molecule is CC(C)[C@@H](NC(=O)OC(C)(C)C)C(=O)N[C@H]1CN(C(=O)OC(C)(C)C)[C@@](CCCCB2OC(C)(C)C(C)(C)O2)(C(=O)O)C1. The van der Waals surface area contributed by atoms with Crippen LogP contribution < -0.4 is 10.6 Å². The molecule has 0 bridgehead atoms. The van der Waals surface area contributed by atoms with Crippen molar-refractivity contribution < 1.29 is 43.1 Å². The Morgan fingerprint density at radius 3 is 1.95 bits per heavy atom. The lowest BCUT2D eigenvalue weighted by Crippen LogP contribution is -2.54. The van der Waals surface area contributed by atoms with Gasteiger partial charge in [0.15, 0.2) is 0 Å². The molecule has 2 rings (SSSR count). The number of unbranched alkanes of at least 4 members (excludes halogenated alkanes) is 1. The van der Waals surface area contributed by atoms with Crippen molar-refractivity contribution in [2.75, 3.05) is 6.54 Å². The molecule has 3 N–H and O–H groups in total. The average Bonchev–Trinajstić information content (AvgIpc) is 3.26. The Balaban J connectivity index is 2.20. The number of hydrogen-bond donors (Lipinski definition) is 3. The highest BCUT2D eigenvalue weighted by molar-refractivity contribution is 6.45. The zero-order valence-corrected chi connectivity index (χ0v) is 28.2. The highest BCUT2D eigenvalue weighted by Gasteiger charge is 2.55. The van der Waals surface area contributed by atoms with Gasteiger partial charge in [0, 0.05) is 19.0 Å². The third-order valence-electron chi connectivity index (χ3n) is 8.07. The number of nitrogens with zero attached hydrogens (tertiary/aromatic N) is 1. The minimum absolute atomic E-state index is 0.0128. The Labute approximate surface area is 257 Å². The molecule has 13 heteroatoms. The Morgan fingerprint density at radius 2 is 1.49 bits per heavy atom. The van der Waals surface area contributed by atoms with Crippen LogP contribution in [0.1, 0.15) is 109 Å². The summed E-state index contributed by atoms with van der Waals surface area (Å²) >= 11 is 0. The van der Waals surface area contributed by atoms with Crippen LogP contribution in [0.25, 0.3) is 0 Å². The molecular weight excluding hydrogens is 557 g/mol. The summed E-state index contributed by atoms with van der Waals surface area (Å²) < 4.78 is 23.1. The van der Waals surface area contributed by atoms with Crippen molar-refractivity contribution in [2.24, 2.45) is 5.92 Å². The number of carbonyl (C=O) groups is 4. The molecule has 2 heterocycles. The van der Waals surface area contributed by atoms with Crippen molar-refractivity contribution in [1.82, 2.24) is 15.5 Å². The number of carboxylic acid groups (broad SMARTS) is 1. The molecule has 0 unspecified atom stereocenters. The minimum atomic E-state index is -1.60. The maximum Gasteiger partial charge on any atom is 0.457 e. The molecule has 0 aromatic carbocycles. The van der Waals surface area contributed by atoms with E-state index in [1.54, 1.807) is 55.4 Å². The van der Waals surface area contributed by atoms with Crippen LogP contribution in [0.3, 0.4) is 0 Å². The molecule has 0 spiro atoms. The van der Waals surface area contributed by atoms with Gasteiger partial charge in [0.25, 0.3) is 0 Å². The summed E-state index contributed by atoms with van der Waals surface area (Å²) in [5.41, 5.74) is -4.11. The fourth-order valence-corrected chi connectivity index (χ4v) is 5.26. The number of carbonyl (C=O) groups excluding carboxylic acids is 3. The predicted octanol–water partition coefficient (Wildman–Crippen LogP) is 4.75. The van der Waals surface area contributed by atoms with Crippen molar-refractivity contribution in [1.29, 1.82) is 0 Å². The summed E-state index contributed by atoms with van der Waals surface area (Å²) in [5.74, 6) is -1.94. The fraction of sp³-hybridized carbons (Fsp3) is 0.867. The first kappa shape index (κ1) is 36.7. The van der Waals surface area contributed by atoms with Crippen LogP contribution in [-0.4, -0.2) is 87.8 Å². The van der Waals surface area contributed by atoms with Gasteiger partial charge in [-0.2, -0.15) is 0 Å². The van der Waals surface area contributed by atoms with Gasteiger partial charge < -0.3 is 34.5 Å². The van der Waals surface area contributed by atoms with Crippen LogP contribution in [0.4, 0.5) is 9.59 Å². The van der Waals surface area contributed by atoms with E-state index in [1.165, 1.54) is 4.90 Å². The van der Waals surface area contributed by atoms with Gasteiger partial charge in [0.05, 0.1) is 11.2 Å². The highest BCUT2D eigenvalue weighted by Crippen LogP contribution is 2.40. The van der Waals surface area contributed by atoms with E-state index < -0.39 is 71.2 Å². The second kappa shape index (κ2) is 13.2. The number of aliphatic carboxylic acids is 1. The van der Waals surface area contributed by atoms with Gasteiger partial charge >= 0.3 is 25.3 Å². The van der Waals surface area contributed by atoms with E-state index in [0.29, 0.717) is 19.2 Å². The van der Waals surface area contributed by atoms with Crippen molar-refractivity contribution in [2.45, 2.75) is 155 Å². The highest BCUT2D eigenvalue weighted by atomic mass is 16.7. The maximum absolute atomic E-state index is 13.3. The average molecular weight is 612 g/mol. The zero-order valence-electron chi connectivity index (χ0n) is 28.2. The molecule has 2 aliphatic rings. The summed E-state index contributed by atoms with van der Waals surface area (Å²) in [6.45, 7) is 21.7. The van der Waals surface area contributed by atoms with Crippen molar-refractivity contribution >= 4 is 31.2 Å². The van der Waals surface area contributed by atoms with E-state index in [-0.39, 0.29) is 25.3 Å². The molecule has 0 radical (unpaired) electrons. The molecule has 0 saturated carbocycles. The van der Waals surface area contributed by atoms with Crippen molar-refractivity contribution in [3.63, 3.8) is 0 Å². The van der Waals surface area contributed by atoms with Crippen molar-refractivity contribution in [3.8, 4) is 0 Å². The Hall–Kier alpha value is -2.54. The van der Waals surface area contributed by atoms with Crippen molar-refractivity contribution in [3.05, 3.63) is 0 Å². The van der Waals surface area contributed by atoms with E-state index >= 15 is 0 Å². The molecule has 246 valence electrons. The number of likely N-dealkylation sites (tertiary alicyclic amines) is 1. The van der Waals surface area contributed by atoms with Crippen LogP contribution in [0.15, 0.2) is 0 Å². The zero-order chi connectivity index (χ0) is 33.2. The van der Waals surface area contributed by atoms with Gasteiger partial charge in [-0.05, 0) is 87.9 Å². The molecule has 43 heavy (non-hydrogen) atoms. The maximum atomic E-state index is 13.3. The van der Waals surface area contributed by atoms with E-state index in [9.17, 15) is 24.3 Å². The summed E-state index contributed by atoms with van der Waals surface area (Å²) in [6.07, 6.45) is 0.306. The van der Waals surface area contributed by atoms with Gasteiger partial charge in [-0.1, -0.05) is 26.7 Å². The number of nitrogens with one attached hydrogen (secondary N) is 2. The monoisotopic (exact) mass is 611 g/mol. The van der Waals surface area contributed by atoms with Gasteiger partial charge in [0.1, 0.15) is 22.8 Å². The van der Waals surface area contributed by atoms with Gasteiger partial charge in [-0.3, -0.25) is 9.69 Å². The number of amides is 3. The largest absolute Gasteiger partial charge is 0.479 e. The summed E-state index contributed by atoms with van der Waals surface area (Å²) in [4.78, 5) is 53.2. The quantitative estimate of drug-likeness (QED) is 0.235. The van der Waals surface area contributed by atoms with E-state index in [4.69, 9.17) is 18.8 Å². The lowest BCUT2D eigenvalue weighted by molar-refractivity contribution is -0.150. The third kappa shape index (κ3) is 9.73. The predicted molar refractivity (Wildman–Crippen MR) is 163 cm³/mol. The summed E-state index contributed by atoms with van der Waals surface area (Å²) in [7, 11) is -0.409. The number of ether oxygens (including phenoxy) is 2. The number of alkyl carbamates (subject to hydrolysis) is 1. The molecule has 0 aliphatic carbocycles. The Bertz CT molecular complexity index is 1020. The molecule has 2 saturated heterocycles. The first-order valence-corrected chi connectivity index (χ1v) is 15.3. The topological polar surface area (TPSA) is 153 Å². The van der Waals surface area contributed by atoms with Crippen LogP contribution in [0, 0.1) is 5.92 Å². The Kier molecular flexibility index (Phi) is 11.3. The fourth-order valence-electron chi connectivity index (χ4n) is 5.26. The van der Waals surface area contributed by atoms with E-state index in [0.717, 1.165) is 0 Å². The molecule has 3 amide bonds. The van der Waals surface area contributed by atoms with Crippen LogP contribution >= 0.6 is 0 Å². The van der Waals surface area contributed by atoms with Crippen LogP contribution in [0.5, 0.6) is 0 Å². The first-order valence-electron chi connectivity index (χ1n) is 15.3. The molecule has 3 atom stereocenters. The number of carboxylic acids is 1. The second-order valence-corrected chi connectivity index (χ2v) is 15.1. The van der Waals surface area contributed by atoms with Gasteiger partial charge in [-0.15, -0.1) is 0 Å². The Morgan fingerprint density at radius 1 is 0.953 bits per heavy atom. The second-order valence-electron chi connectivity index (χ2n) is 15.1. The van der Waals surface area contributed by atoms with E-state index in [2.05, 4.69) is 10.6 Å². The van der Waals surface area contributed by atoms with Gasteiger partial charge in [-0.25, -0.2) is 14.4 Å². The molecule has 0 aromatic heterocycles. The molecular formula is C30H54BN3O9. The van der Waals surface area contributed by atoms with Crippen LogP contribution in [-0.2, 0) is 28.4 Å². The smallest absolute Gasteiger partial charge is 0.457 e. The standard InChI is InChI=1S/C30H54BN3O9/c1-19(2)21(33-24(38)40-26(3,4)5)22(35)32-20-17-30(23(36)37,34(18-20)25(39)41-27(6,7)8)15-13-14-16-31-42-28(9,10)29(11,12)43-31/h19-21H,13-18H2,1-12H3,(H,32,35)(H,33,38)(H,36,37)/t20-,21-,30-/m1/s1.